The number of nitrogens with one attached hydrogen (secondary N) is 2. The van der Waals surface area contributed by atoms with Gasteiger partial charge in [-0.25, -0.2) is 9.97 Å². The molecular weight excluding hydrogens is 452 g/mol. The van der Waals surface area contributed by atoms with Gasteiger partial charge in [0.2, 0.25) is 6.41 Å². The average Bonchev–Trinajstić information content (AvgIpc) is 3.24. The molecule has 0 spiro atoms. The zero-order valence-corrected chi connectivity index (χ0v) is 20.6. The predicted octanol–water partition coefficient (Wildman–Crippen LogP) is 2.67. The molecule has 2 aromatic heterocycles. The highest BCUT2D eigenvalue weighted by molar-refractivity contribution is 7.19. The summed E-state index contributed by atoms with van der Waals surface area (Å²) in [6, 6.07) is 7.74. The molecule has 1 amide bonds. The third-order valence-corrected chi connectivity index (χ3v) is 6.00. The zero-order chi connectivity index (χ0) is 24.7. The molecule has 182 valence electrons. The molecule has 34 heavy (non-hydrogen) atoms. The number of aliphatic hydroxyl groups is 1. The van der Waals surface area contributed by atoms with Gasteiger partial charge in [-0.3, -0.25) is 4.79 Å². The Morgan fingerprint density at radius 3 is 2.62 bits per heavy atom. The number of morpholine rings is 1. The van der Waals surface area contributed by atoms with Crippen molar-refractivity contribution in [2.75, 3.05) is 31.2 Å². The van der Waals surface area contributed by atoms with Crippen molar-refractivity contribution in [1.29, 1.82) is 5.41 Å². The van der Waals surface area contributed by atoms with E-state index in [1.807, 2.05) is 24.3 Å². The van der Waals surface area contributed by atoms with Crippen LogP contribution < -0.4 is 16.0 Å². The number of aromatic nitrogens is 2. The summed E-state index contributed by atoms with van der Waals surface area (Å²) >= 11 is 1.59. The molecule has 0 atom stereocenters. The number of anilines is 1. The molecule has 9 nitrogen and oxygen atoms in total. The number of carbonyl (C=O) groups excluding carboxylic acids is 1. The van der Waals surface area contributed by atoms with Crippen LogP contribution in [0.1, 0.15) is 36.8 Å². The van der Waals surface area contributed by atoms with Gasteiger partial charge in [-0.2, -0.15) is 0 Å². The Kier molecular flexibility index (Phi) is 8.67. The number of hydrogen-bond acceptors (Lipinski definition) is 9. The van der Waals surface area contributed by atoms with Crippen molar-refractivity contribution in [1.82, 2.24) is 15.3 Å². The number of benzene rings is 1. The lowest BCUT2D eigenvalue weighted by molar-refractivity contribution is -0.109. The van der Waals surface area contributed by atoms with Gasteiger partial charge in [-0.15, -0.1) is 11.3 Å². The number of ether oxygens (including phenoxy) is 1. The lowest BCUT2D eigenvalue weighted by Crippen LogP contribution is -2.36. The van der Waals surface area contributed by atoms with E-state index in [0.29, 0.717) is 38.5 Å². The minimum absolute atomic E-state index is 0.344. The van der Waals surface area contributed by atoms with Gasteiger partial charge < -0.3 is 31.2 Å². The van der Waals surface area contributed by atoms with E-state index in [1.54, 1.807) is 32.1 Å². The number of fused-ring (bicyclic) bond motifs is 1. The molecule has 0 unspecified atom stereocenters. The van der Waals surface area contributed by atoms with Crippen LogP contribution in [0, 0.1) is 5.41 Å². The molecule has 3 aromatic rings. The Balaban J connectivity index is 0.000000588. The van der Waals surface area contributed by atoms with Crippen LogP contribution in [0.3, 0.4) is 0 Å². The van der Waals surface area contributed by atoms with Gasteiger partial charge in [0.05, 0.1) is 35.6 Å². The lowest BCUT2D eigenvalue weighted by atomic mass is 10.0. The standard InChI is InChI=1S/C20H22N6O2S.C4H10O/c21-9-13-2-1-3-15(16(13)10-22)19-24-17-8-14(11-23-12-27)29-18(17)20(25-19)26-4-6-28-7-5-26;1-4(2,3)5/h1-3,8,10,12,22H,4-7,9,11,21H2,(H,23,27);5H,1-3H3. The Hall–Kier alpha value is -2.92. The largest absolute Gasteiger partial charge is 0.391 e. The fourth-order valence-corrected chi connectivity index (χ4v) is 4.52. The molecule has 5 N–H and O–H groups in total. The molecule has 3 heterocycles. The molecule has 1 saturated heterocycles. The normalized spacial score (nSPS) is 13.9. The van der Waals surface area contributed by atoms with Gasteiger partial charge in [0.25, 0.3) is 0 Å². The lowest BCUT2D eigenvalue weighted by Gasteiger charge is -2.28. The number of amides is 1. The van der Waals surface area contributed by atoms with Gasteiger partial charge in [-0.1, -0.05) is 18.2 Å². The maximum absolute atomic E-state index is 10.7. The number of rotatable bonds is 7. The second-order valence-corrected chi connectivity index (χ2v) is 9.93. The fraction of sp³-hybridized carbons (Fsp3) is 0.417. The van der Waals surface area contributed by atoms with E-state index < -0.39 is 5.60 Å². The van der Waals surface area contributed by atoms with E-state index in [0.717, 1.165) is 50.7 Å². The van der Waals surface area contributed by atoms with Gasteiger partial charge >= 0.3 is 0 Å². The van der Waals surface area contributed by atoms with Crippen LogP contribution in [0.25, 0.3) is 21.6 Å². The molecule has 10 heteroatoms. The van der Waals surface area contributed by atoms with E-state index in [1.165, 1.54) is 6.21 Å². The van der Waals surface area contributed by atoms with Crippen LogP contribution in [0.4, 0.5) is 5.82 Å². The SMILES string of the molecule is CC(C)(C)O.N=Cc1c(CN)cccc1-c1nc(N2CCOCC2)c2sc(CNC=O)cc2n1. The van der Waals surface area contributed by atoms with Crippen molar-refractivity contribution >= 4 is 40.0 Å². The molecule has 1 fully saturated rings. The summed E-state index contributed by atoms with van der Waals surface area (Å²) in [5.74, 6) is 1.44. The first-order valence-electron chi connectivity index (χ1n) is 11.1. The first-order valence-corrected chi connectivity index (χ1v) is 11.9. The topological polar surface area (TPSA) is 137 Å². The summed E-state index contributed by atoms with van der Waals surface area (Å²) in [7, 11) is 0. The van der Waals surface area contributed by atoms with E-state index in [9.17, 15) is 4.79 Å². The van der Waals surface area contributed by atoms with Crippen LogP contribution in [0.5, 0.6) is 0 Å². The van der Waals surface area contributed by atoms with Crippen molar-refractivity contribution in [3.8, 4) is 11.4 Å². The highest BCUT2D eigenvalue weighted by Gasteiger charge is 2.21. The molecule has 1 aromatic carbocycles. The van der Waals surface area contributed by atoms with Crippen molar-refractivity contribution in [3.05, 3.63) is 40.3 Å². The second kappa shape index (κ2) is 11.5. The summed E-state index contributed by atoms with van der Waals surface area (Å²) in [4.78, 5) is 23.6. The van der Waals surface area contributed by atoms with Crippen molar-refractivity contribution < 1.29 is 14.6 Å². The van der Waals surface area contributed by atoms with Crippen LogP contribution in [-0.2, 0) is 22.6 Å². The van der Waals surface area contributed by atoms with Crippen LogP contribution in [0.15, 0.2) is 24.3 Å². The minimum atomic E-state index is -0.500. The first-order chi connectivity index (χ1) is 16.2. The summed E-state index contributed by atoms with van der Waals surface area (Å²) in [6.07, 6.45) is 2.01. The molecule has 0 aliphatic carbocycles. The average molecular weight is 485 g/mol. The third-order valence-electron chi connectivity index (χ3n) is 4.88. The molecule has 0 saturated carbocycles. The van der Waals surface area contributed by atoms with Crippen LogP contribution >= 0.6 is 11.3 Å². The van der Waals surface area contributed by atoms with Crippen molar-refractivity contribution in [2.24, 2.45) is 5.73 Å². The van der Waals surface area contributed by atoms with E-state index in [4.69, 9.17) is 31.0 Å². The minimum Gasteiger partial charge on any atom is -0.391 e. The number of carbonyl (C=O) groups is 1. The Morgan fingerprint density at radius 1 is 1.29 bits per heavy atom. The molecule has 0 radical (unpaired) electrons. The summed E-state index contributed by atoms with van der Waals surface area (Å²) in [5.41, 5.74) is 8.60. The molecule has 1 aliphatic heterocycles. The Labute approximate surface area is 203 Å². The smallest absolute Gasteiger partial charge is 0.207 e. The van der Waals surface area contributed by atoms with Gasteiger partial charge in [-0.05, 0) is 32.4 Å². The fourth-order valence-electron chi connectivity index (χ4n) is 3.46. The summed E-state index contributed by atoms with van der Waals surface area (Å²) in [5, 5.41) is 19.1. The van der Waals surface area contributed by atoms with Crippen molar-refractivity contribution in [2.45, 2.75) is 39.5 Å². The van der Waals surface area contributed by atoms with Crippen LogP contribution in [-0.4, -0.2) is 59.6 Å². The Morgan fingerprint density at radius 2 is 2.00 bits per heavy atom. The quantitative estimate of drug-likeness (QED) is 0.299. The summed E-state index contributed by atoms with van der Waals surface area (Å²) < 4.78 is 6.49. The van der Waals surface area contributed by atoms with Crippen molar-refractivity contribution in [3.63, 3.8) is 0 Å². The molecule has 4 rings (SSSR count). The van der Waals surface area contributed by atoms with Gasteiger partial charge in [0.1, 0.15) is 0 Å². The number of nitrogens with zero attached hydrogens (tertiary/aromatic N) is 3. The van der Waals surface area contributed by atoms with Gasteiger partial charge in [0.15, 0.2) is 11.6 Å². The highest BCUT2D eigenvalue weighted by Crippen LogP contribution is 2.35. The Bertz CT molecular complexity index is 1130. The van der Waals surface area contributed by atoms with E-state index in [2.05, 4.69) is 10.2 Å². The van der Waals surface area contributed by atoms with Crippen LogP contribution in [0.2, 0.25) is 0 Å². The van der Waals surface area contributed by atoms with Gasteiger partial charge in [0, 0.05) is 41.9 Å². The predicted molar refractivity (Wildman–Crippen MR) is 137 cm³/mol. The number of thiophene rings is 1. The maximum Gasteiger partial charge on any atom is 0.207 e. The number of nitrogens with two attached hydrogens (primary N) is 1. The van der Waals surface area contributed by atoms with E-state index >= 15 is 0 Å². The zero-order valence-electron chi connectivity index (χ0n) is 19.8. The molecule has 0 bridgehead atoms. The maximum atomic E-state index is 10.7. The monoisotopic (exact) mass is 484 g/mol. The molecular formula is C24H32N6O3S. The second-order valence-electron chi connectivity index (χ2n) is 8.79. The number of hydrogen-bond donors (Lipinski definition) is 4. The first kappa shape index (κ1) is 25.7. The highest BCUT2D eigenvalue weighted by atomic mass is 32.1. The third kappa shape index (κ3) is 6.57. The van der Waals surface area contributed by atoms with E-state index in [-0.39, 0.29) is 0 Å². The summed E-state index contributed by atoms with van der Waals surface area (Å²) in [6.45, 7) is 8.85. The molecule has 1 aliphatic rings.